The zero-order valence-electron chi connectivity index (χ0n) is 13.4. The maximum Gasteiger partial charge on any atom is 0.128 e. The third-order valence-electron chi connectivity index (χ3n) is 3.74. The average Bonchev–Trinajstić information content (AvgIpc) is 2.86. The SMILES string of the molecule is COCC1CCN(c2cc(CNC(C)(C)C)c(Cl)cn2)C1. The molecular weight excluding hydrogens is 286 g/mol. The maximum atomic E-state index is 6.27. The Labute approximate surface area is 132 Å². The van der Waals surface area contributed by atoms with Gasteiger partial charge in [-0.05, 0) is 38.8 Å². The van der Waals surface area contributed by atoms with Crippen LogP contribution >= 0.6 is 11.6 Å². The molecule has 1 aliphatic rings. The smallest absolute Gasteiger partial charge is 0.128 e. The Morgan fingerprint density at radius 3 is 2.90 bits per heavy atom. The molecule has 1 aromatic heterocycles. The first kappa shape index (κ1) is 16.5. The predicted molar refractivity (Wildman–Crippen MR) is 88.0 cm³/mol. The van der Waals surface area contributed by atoms with E-state index in [9.17, 15) is 0 Å². The largest absolute Gasteiger partial charge is 0.384 e. The van der Waals surface area contributed by atoms with Gasteiger partial charge in [-0.15, -0.1) is 0 Å². The topological polar surface area (TPSA) is 37.4 Å². The van der Waals surface area contributed by atoms with Crippen LogP contribution in [-0.2, 0) is 11.3 Å². The molecular formula is C16H26ClN3O. The van der Waals surface area contributed by atoms with Gasteiger partial charge in [0.2, 0.25) is 0 Å². The lowest BCUT2D eigenvalue weighted by atomic mass is 10.1. The molecule has 118 valence electrons. The highest BCUT2D eigenvalue weighted by atomic mass is 35.5. The number of anilines is 1. The van der Waals surface area contributed by atoms with Crippen LogP contribution in [0.25, 0.3) is 0 Å². The van der Waals surface area contributed by atoms with Crippen LogP contribution in [0.2, 0.25) is 5.02 Å². The van der Waals surface area contributed by atoms with E-state index in [0.29, 0.717) is 5.92 Å². The van der Waals surface area contributed by atoms with Gasteiger partial charge in [0.1, 0.15) is 5.82 Å². The third kappa shape index (κ3) is 4.83. The van der Waals surface area contributed by atoms with Gasteiger partial charge in [0, 0.05) is 44.4 Å². The molecule has 1 aromatic rings. The van der Waals surface area contributed by atoms with E-state index >= 15 is 0 Å². The summed E-state index contributed by atoms with van der Waals surface area (Å²) in [6, 6.07) is 2.11. The Hall–Kier alpha value is -0.840. The van der Waals surface area contributed by atoms with Crippen LogP contribution in [0, 0.1) is 5.92 Å². The fraction of sp³-hybridized carbons (Fsp3) is 0.688. The van der Waals surface area contributed by atoms with Crippen molar-refractivity contribution in [2.75, 3.05) is 31.7 Å². The first-order valence-corrected chi connectivity index (χ1v) is 7.90. The van der Waals surface area contributed by atoms with E-state index in [2.05, 4.69) is 42.0 Å². The van der Waals surface area contributed by atoms with Gasteiger partial charge in [0.05, 0.1) is 11.6 Å². The van der Waals surface area contributed by atoms with Crippen molar-refractivity contribution in [3.8, 4) is 0 Å². The lowest BCUT2D eigenvalue weighted by Crippen LogP contribution is -2.35. The summed E-state index contributed by atoms with van der Waals surface area (Å²) in [6.07, 6.45) is 2.92. The van der Waals surface area contributed by atoms with Crippen molar-refractivity contribution >= 4 is 17.4 Å². The number of ether oxygens (including phenoxy) is 1. The summed E-state index contributed by atoms with van der Waals surface area (Å²) < 4.78 is 5.25. The van der Waals surface area contributed by atoms with Crippen LogP contribution in [0.3, 0.4) is 0 Å². The molecule has 0 spiro atoms. The molecule has 0 saturated carbocycles. The minimum absolute atomic E-state index is 0.0734. The summed E-state index contributed by atoms with van der Waals surface area (Å²) in [7, 11) is 1.76. The standard InChI is InChI=1S/C16H26ClN3O/c1-16(2,3)19-8-13-7-15(18-9-14(13)17)20-6-5-12(10-20)11-21-4/h7,9,12,19H,5-6,8,10-11H2,1-4H3. The molecule has 0 bridgehead atoms. The van der Waals surface area contributed by atoms with Crippen molar-refractivity contribution in [2.24, 2.45) is 5.92 Å². The maximum absolute atomic E-state index is 6.27. The van der Waals surface area contributed by atoms with Gasteiger partial charge < -0.3 is 15.0 Å². The molecule has 1 fully saturated rings. The van der Waals surface area contributed by atoms with Gasteiger partial charge in [0.15, 0.2) is 0 Å². The highest BCUT2D eigenvalue weighted by Crippen LogP contribution is 2.26. The van der Waals surface area contributed by atoms with Crippen LogP contribution in [0.4, 0.5) is 5.82 Å². The molecule has 1 atom stereocenters. The van der Waals surface area contributed by atoms with Gasteiger partial charge in [-0.3, -0.25) is 0 Å². The zero-order valence-corrected chi connectivity index (χ0v) is 14.2. The molecule has 2 heterocycles. The Balaban J connectivity index is 2.05. The van der Waals surface area contributed by atoms with E-state index < -0.39 is 0 Å². The fourth-order valence-electron chi connectivity index (χ4n) is 2.55. The van der Waals surface area contributed by atoms with Crippen LogP contribution < -0.4 is 10.2 Å². The summed E-state index contributed by atoms with van der Waals surface area (Å²) in [4.78, 5) is 6.81. The zero-order chi connectivity index (χ0) is 15.5. The molecule has 21 heavy (non-hydrogen) atoms. The summed E-state index contributed by atoms with van der Waals surface area (Å²) in [5, 5.41) is 4.20. The number of nitrogens with zero attached hydrogens (tertiary/aromatic N) is 2. The van der Waals surface area contributed by atoms with E-state index in [-0.39, 0.29) is 5.54 Å². The Kier molecular flexibility index (Phi) is 5.47. The van der Waals surface area contributed by atoms with Gasteiger partial charge in [-0.25, -0.2) is 4.98 Å². The first-order chi connectivity index (χ1) is 9.89. The highest BCUT2D eigenvalue weighted by molar-refractivity contribution is 6.31. The molecule has 0 radical (unpaired) electrons. The molecule has 1 saturated heterocycles. The number of pyridine rings is 1. The highest BCUT2D eigenvalue weighted by Gasteiger charge is 2.23. The number of aromatic nitrogens is 1. The normalized spacial score (nSPS) is 19.3. The molecule has 2 rings (SSSR count). The van der Waals surface area contributed by atoms with Crippen molar-refractivity contribution in [1.82, 2.24) is 10.3 Å². The fourth-order valence-corrected chi connectivity index (χ4v) is 2.72. The molecule has 1 unspecified atom stereocenters. The van der Waals surface area contributed by atoms with Crippen molar-refractivity contribution < 1.29 is 4.74 Å². The second kappa shape index (κ2) is 6.95. The number of rotatable bonds is 5. The van der Waals surface area contributed by atoms with Crippen molar-refractivity contribution in [3.63, 3.8) is 0 Å². The quantitative estimate of drug-likeness (QED) is 0.906. The van der Waals surface area contributed by atoms with Gasteiger partial charge in [0.25, 0.3) is 0 Å². The van der Waals surface area contributed by atoms with E-state index in [1.807, 2.05) is 0 Å². The van der Waals surface area contributed by atoms with E-state index in [1.165, 1.54) is 0 Å². The number of hydrogen-bond donors (Lipinski definition) is 1. The number of nitrogens with one attached hydrogen (secondary N) is 1. The van der Waals surface area contributed by atoms with Crippen molar-refractivity contribution in [2.45, 2.75) is 39.3 Å². The third-order valence-corrected chi connectivity index (χ3v) is 4.08. The molecule has 4 nitrogen and oxygen atoms in total. The minimum Gasteiger partial charge on any atom is -0.384 e. The number of halogens is 1. The second-order valence-corrected chi connectivity index (χ2v) is 7.20. The summed E-state index contributed by atoms with van der Waals surface area (Å²) in [5.74, 6) is 1.62. The molecule has 0 amide bonds. The Morgan fingerprint density at radius 1 is 1.48 bits per heavy atom. The summed E-state index contributed by atoms with van der Waals surface area (Å²) in [6.45, 7) is 10.1. The second-order valence-electron chi connectivity index (χ2n) is 6.79. The predicted octanol–water partition coefficient (Wildman–Crippen LogP) is 3.10. The van der Waals surface area contributed by atoms with Crippen LogP contribution in [-0.4, -0.2) is 37.3 Å². The number of hydrogen-bond acceptors (Lipinski definition) is 4. The van der Waals surface area contributed by atoms with Gasteiger partial charge >= 0.3 is 0 Å². The van der Waals surface area contributed by atoms with Crippen LogP contribution in [0.1, 0.15) is 32.8 Å². The molecule has 1 N–H and O–H groups in total. The number of methoxy groups -OCH3 is 1. The monoisotopic (exact) mass is 311 g/mol. The van der Waals surface area contributed by atoms with E-state index in [1.54, 1.807) is 13.3 Å². The van der Waals surface area contributed by atoms with E-state index in [4.69, 9.17) is 16.3 Å². The molecule has 0 aliphatic carbocycles. The lowest BCUT2D eigenvalue weighted by Gasteiger charge is -2.22. The van der Waals surface area contributed by atoms with Crippen molar-refractivity contribution in [1.29, 1.82) is 0 Å². The first-order valence-electron chi connectivity index (χ1n) is 7.52. The molecule has 1 aliphatic heterocycles. The minimum atomic E-state index is 0.0734. The summed E-state index contributed by atoms with van der Waals surface area (Å²) >= 11 is 6.27. The van der Waals surface area contributed by atoms with Gasteiger partial charge in [-0.2, -0.15) is 0 Å². The summed E-state index contributed by atoms with van der Waals surface area (Å²) in [5.41, 5.74) is 1.18. The Morgan fingerprint density at radius 2 is 2.24 bits per heavy atom. The van der Waals surface area contributed by atoms with Gasteiger partial charge in [-0.1, -0.05) is 11.6 Å². The van der Waals surface area contributed by atoms with E-state index in [0.717, 1.165) is 49.1 Å². The molecule has 0 aromatic carbocycles. The van der Waals surface area contributed by atoms with Crippen molar-refractivity contribution in [3.05, 3.63) is 22.8 Å². The van der Waals surface area contributed by atoms with Crippen LogP contribution in [0.15, 0.2) is 12.3 Å². The Bertz CT molecular complexity index is 473. The lowest BCUT2D eigenvalue weighted by molar-refractivity contribution is 0.161. The van der Waals surface area contributed by atoms with Crippen LogP contribution in [0.5, 0.6) is 0 Å². The average molecular weight is 312 g/mol. The molecule has 5 heteroatoms.